The molecule has 0 aromatic carbocycles. The number of rotatable bonds is 3. The molecular formula is C4H12NO3P. The molecule has 9 heavy (non-hydrogen) atoms. The van der Waals surface area contributed by atoms with Crippen LogP contribution in [0.25, 0.3) is 0 Å². The molecule has 5 heteroatoms. The summed E-state index contributed by atoms with van der Waals surface area (Å²) in [5.41, 5.74) is -0.181. The Balaban J connectivity index is 4.08. The molecule has 0 aliphatic heterocycles. The summed E-state index contributed by atoms with van der Waals surface area (Å²) in [4.78, 5) is 21.6. The summed E-state index contributed by atoms with van der Waals surface area (Å²) in [6, 6.07) is 0. The Labute approximate surface area is 54.8 Å². The van der Waals surface area contributed by atoms with Crippen molar-refractivity contribution < 1.29 is 9.42 Å². The van der Waals surface area contributed by atoms with Crippen molar-refractivity contribution in [1.82, 2.24) is 0 Å². The molecule has 0 amide bonds. The van der Waals surface area contributed by atoms with Gasteiger partial charge in [-0.1, -0.05) is 0 Å². The third-order valence-corrected chi connectivity index (χ3v) is 3.55. The summed E-state index contributed by atoms with van der Waals surface area (Å²) in [7, 11) is -1.91. The van der Waals surface area contributed by atoms with Gasteiger partial charge in [0.25, 0.3) is 0 Å². The molecule has 0 saturated heterocycles. The van der Waals surface area contributed by atoms with E-state index in [1.807, 2.05) is 0 Å². The molecule has 0 heterocycles. The summed E-state index contributed by atoms with van der Waals surface area (Å²) in [6.07, 6.45) is 0. The van der Waals surface area contributed by atoms with Crippen LogP contribution in [0.3, 0.4) is 0 Å². The topological polar surface area (TPSA) is 58.9 Å². The summed E-state index contributed by atoms with van der Waals surface area (Å²) >= 11 is 0. The first kappa shape index (κ1) is 8.95. The Hall–Kier alpha value is -0.0500. The molecular weight excluding hydrogens is 141 g/mol. The van der Waals surface area contributed by atoms with Gasteiger partial charge in [0.15, 0.2) is 0 Å². The predicted octanol–water partition coefficient (Wildman–Crippen LogP) is 1.29. The van der Waals surface area contributed by atoms with Crippen LogP contribution < -0.4 is 0 Å². The number of nitroso groups, excluding NO2 is 1. The van der Waals surface area contributed by atoms with Gasteiger partial charge in [0.1, 0.15) is 0 Å². The Bertz CT molecular complexity index is 108. The van der Waals surface area contributed by atoms with Gasteiger partial charge < -0.3 is 0 Å². The van der Waals surface area contributed by atoms with Gasteiger partial charge in [0.05, 0.1) is 0 Å². The number of hydrogen-bond donors (Lipinski definition) is 1. The Kier molecular flexibility index (Phi) is 3.18. The summed E-state index contributed by atoms with van der Waals surface area (Å²) < 4.78 is 4.56. The van der Waals surface area contributed by atoms with Gasteiger partial charge in [-0.25, -0.2) is 0 Å². The average Bonchev–Trinajstić information content (AvgIpc) is 1.86. The van der Waals surface area contributed by atoms with E-state index in [2.05, 4.69) is 9.47 Å². The van der Waals surface area contributed by atoms with Crippen LogP contribution in [0.1, 0.15) is 13.8 Å². The number of hydrogen-bond acceptors (Lipinski definition) is 4. The van der Waals surface area contributed by atoms with Gasteiger partial charge in [0.2, 0.25) is 0 Å². The van der Waals surface area contributed by atoms with E-state index >= 15 is 0 Å². The summed E-state index contributed by atoms with van der Waals surface area (Å²) in [6.45, 7) is 3.41. The average molecular weight is 153 g/mol. The first-order chi connectivity index (χ1) is 4.06. The fourth-order valence-corrected chi connectivity index (χ4v) is 1.14. The van der Waals surface area contributed by atoms with Gasteiger partial charge in [-0.15, -0.1) is 0 Å². The molecule has 0 unspecified atom stereocenters. The monoisotopic (exact) mass is 153 g/mol. The second kappa shape index (κ2) is 3.20. The Morgan fingerprint density at radius 2 is 2.11 bits per heavy atom. The van der Waals surface area contributed by atoms with Crippen molar-refractivity contribution in [2.75, 3.05) is 7.11 Å². The van der Waals surface area contributed by atoms with Crippen molar-refractivity contribution in [3.63, 3.8) is 0 Å². The fraction of sp³-hybridized carbons (Fsp3) is 1.00. The molecule has 0 aliphatic rings. The first-order valence-corrected chi connectivity index (χ1v) is 4.57. The van der Waals surface area contributed by atoms with Crippen LogP contribution in [0.15, 0.2) is 4.95 Å². The van der Waals surface area contributed by atoms with E-state index in [4.69, 9.17) is 4.89 Å². The standard InChI is InChI=1S/C4H12NO3P/c1-4(2)9(7,5-6)8-3/h4,7,9H,1-3H3. The van der Waals surface area contributed by atoms with E-state index in [0.29, 0.717) is 0 Å². The molecule has 0 rings (SSSR count). The van der Waals surface area contributed by atoms with Gasteiger partial charge in [-0.05, 0) is 0 Å². The zero-order chi connectivity index (χ0) is 7.49. The Morgan fingerprint density at radius 3 is 2.11 bits per heavy atom. The molecule has 56 valence electrons. The van der Waals surface area contributed by atoms with Crippen molar-refractivity contribution in [1.29, 1.82) is 0 Å². The van der Waals surface area contributed by atoms with Gasteiger partial charge in [-0.2, -0.15) is 0 Å². The van der Waals surface area contributed by atoms with E-state index < -0.39 is 7.87 Å². The molecule has 4 nitrogen and oxygen atoms in total. The van der Waals surface area contributed by atoms with Crippen LogP contribution in [-0.4, -0.2) is 17.7 Å². The normalized spacial score (nSPS) is 13.9. The fourth-order valence-electron chi connectivity index (χ4n) is 0.378. The second-order valence-electron chi connectivity index (χ2n) is 2.11. The predicted molar refractivity (Wildman–Crippen MR) is 38.5 cm³/mol. The van der Waals surface area contributed by atoms with Crippen molar-refractivity contribution in [3.8, 4) is 0 Å². The molecule has 0 radical (unpaired) electrons. The maximum absolute atomic E-state index is 9.94. The molecule has 0 spiro atoms. The van der Waals surface area contributed by atoms with E-state index in [1.54, 1.807) is 13.8 Å². The van der Waals surface area contributed by atoms with Crippen LogP contribution >= 0.6 is 7.87 Å². The minimum atomic E-state index is -3.21. The quantitative estimate of drug-likeness (QED) is 0.491. The summed E-state index contributed by atoms with van der Waals surface area (Å²) in [5.74, 6) is 0. The Morgan fingerprint density at radius 1 is 1.67 bits per heavy atom. The zero-order valence-electron chi connectivity index (χ0n) is 5.79. The molecule has 0 aromatic rings. The van der Waals surface area contributed by atoms with Crippen molar-refractivity contribution in [2.24, 2.45) is 4.95 Å². The van der Waals surface area contributed by atoms with Crippen molar-refractivity contribution in [3.05, 3.63) is 4.91 Å². The number of nitrogens with zero attached hydrogens (tertiary/aromatic N) is 1. The summed E-state index contributed by atoms with van der Waals surface area (Å²) in [5, 5.41) is 0. The SMILES string of the molecule is CO[PH](O)(N=O)C(C)C. The van der Waals surface area contributed by atoms with Crippen molar-refractivity contribution in [2.45, 2.75) is 19.5 Å². The third-order valence-electron chi connectivity index (χ3n) is 1.18. The maximum atomic E-state index is 9.94. The zero-order valence-corrected chi connectivity index (χ0v) is 6.79. The molecule has 0 fully saturated rings. The van der Waals surface area contributed by atoms with Crippen LogP contribution in [0, 0.1) is 4.91 Å². The minimum absolute atomic E-state index is 0.181. The van der Waals surface area contributed by atoms with Crippen LogP contribution in [0.5, 0.6) is 0 Å². The van der Waals surface area contributed by atoms with Crippen LogP contribution in [0.2, 0.25) is 0 Å². The van der Waals surface area contributed by atoms with Crippen molar-refractivity contribution >= 4 is 7.87 Å². The van der Waals surface area contributed by atoms with E-state index in [9.17, 15) is 4.91 Å². The van der Waals surface area contributed by atoms with E-state index in [1.165, 1.54) is 7.11 Å². The van der Waals surface area contributed by atoms with Gasteiger partial charge in [0, 0.05) is 0 Å². The van der Waals surface area contributed by atoms with Gasteiger partial charge >= 0.3 is 53.8 Å². The van der Waals surface area contributed by atoms with E-state index in [-0.39, 0.29) is 5.66 Å². The molecule has 0 aromatic heterocycles. The molecule has 0 atom stereocenters. The molecule has 0 bridgehead atoms. The van der Waals surface area contributed by atoms with Crippen LogP contribution in [-0.2, 0) is 4.52 Å². The first-order valence-electron chi connectivity index (χ1n) is 2.69. The molecule has 1 N–H and O–H groups in total. The molecule has 0 saturated carbocycles. The van der Waals surface area contributed by atoms with Crippen LogP contribution in [0.4, 0.5) is 0 Å². The third kappa shape index (κ3) is 1.97. The second-order valence-corrected chi connectivity index (χ2v) is 5.17. The van der Waals surface area contributed by atoms with Gasteiger partial charge in [-0.3, -0.25) is 0 Å². The van der Waals surface area contributed by atoms with E-state index in [0.717, 1.165) is 0 Å². The molecule has 0 aliphatic carbocycles.